The Bertz CT molecular complexity index is 683. The minimum atomic E-state index is 0.941. The van der Waals surface area contributed by atoms with E-state index in [0.717, 1.165) is 6.54 Å². The molecule has 1 nitrogen and oxygen atoms in total. The summed E-state index contributed by atoms with van der Waals surface area (Å²) in [6.07, 6.45) is 0. The van der Waals surface area contributed by atoms with Crippen LogP contribution in [0.2, 0.25) is 0 Å². The van der Waals surface area contributed by atoms with E-state index in [2.05, 4.69) is 88.7 Å². The van der Waals surface area contributed by atoms with Gasteiger partial charge in [-0.3, -0.25) is 0 Å². The maximum Gasteiger partial charge on any atom is 0.0496 e. The molecule has 3 aromatic rings. The van der Waals surface area contributed by atoms with Gasteiger partial charge in [-0.15, -0.1) is 0 Å². The molecule has 0 aliphatic carbocycles. The summed E-state index contributed by atoms with van der Waals surface area (Å²) in [5.41, 5.74) is 4.02. The Kier molecular flexibility index (Phi) is 3.12. The van der Waals surface area contributed by atoms with Crippen LogP contribution in [0.1, 0.15) is 11.3 Å². The van der Waals surface area contributed by atoms with Crippen molar-refractivity contribution in [3.8, 4) is 0 Å². The van der Waals surface area contributed by atoms with Gasteiger partial charge in [-0.05, 0) is 41.1 Å². The molecule has 2 heteroatoms. The standard InChI is InChI=1S/C16H14IN/c1-12-16(17)14-9-5-6-10-15(14)18(12)11-13-7-3-2-4-8-13/h2-10H,11H2,1H3. The molecule has 0 aliphatic rings. The van der Waals surface area contributed by atoms with Crippen LogP contribution < -0.4 is 0 Å². The van der Waals surface area contributed by atoms with Crippen LogP contribution in [0, 0.1) is 10.5 Å². The first-order valence-corrected chi connectivity index (χ1v) is 7.12. The zero-order valence-electron chi connectivity index (χ0n) is 10.2. The van der Waals surface area contributed by atoms with Gasteiger partial charge in [0, 0.05) is 26.7 Å². The molecule has 90 valence electrons. The van der Waals surface area contributed by atoms with E-state index in [9.17, 15) is 0 Å². The van der Waals surface area contributed by atoms with Crippen LogP contribution in [-0.2, 0) is 6.54 Å². The largest absolute Gasteiger partial charge is 0.339 e. The number of nitrogens with zero attached hydrogens (tertiary/aromatic N) is 1. The second-order valence-corrected chi connectivity index (χ2v) is 5.57. The van der Waals surface area contributed by atoms with E-state index in [4.69, 9.17) is 0 Å². The molecule has 0 saturated carbocycles. The smallest absolute Gasteiger partial charge is 0.0496 e. The summed E-state index contributed by atoms with van der Waals surface area (Å²) in [5.74, 6) is 0. The Hall–Kier alpha value is -1.29. The topological polar surface area (TPSA) is 4.93 Å². The Morgan fingerprint density at radius 1 is 0.944 bits per heavy atom. The first-order chi connectivity index (χ1) is 8.77. The molecule has 0 N–H and O–H groups in total. The van der Waals surface area contributed by atoms with Gasteiger partial charge in [0.15, 0.2) is 0 Å². The third-order valence-corrected chi connectivity index (χ3v) is 4.70. The normalized spacial score (nSPS) is 11.0. The molecule has 0 spiro atoms. The fourth-order valence-corrected chi connectivity index (χ4v) is 3.11. The van der Waals surface area contributed by atoms with Gasteiger partial charge >= 0.3 is 0 Å². The fourth-order valence-electron chi connectivity index (χ4n) is 2.36. The van der Waals surface area contributed by atoms with Crippen molar-refractivity contribution in [2.45, 2.75) is 13.5 Å². The molecule has 0 aliphatic heterocycles. The van der Waals surface area contributed by atoms with Gasteiger partial charge in [0.1, 0.15) is 0 Å². The highest BCUT2D eigenvalue weighted by Crippen LogP contribution is 2.27. The monoisotopic (exact) mass is 347 g/mol. The molecule has 2 aromatic carbocycles. The third-order valence-electron chi connectivity index (χ3n) is 3.34. The summed E-state index contributed by atoms with van der Waals surface area (Å²) in [6, 6.07) is 19.2. The van der Waals surface area contributed by atoms with E-state index in [1.165, 1.54) is 25.7 Å². The zero-order chi connectivity index (χ0) is 12.5. The summed E-state index contributed by atoms with van der Waals surface area (Å²) in [5, 5.41) is 1.35. The summed E-state index contributed by atoms with van der Waals surface area (Å²) < 4.78 is 3.76. The highest BCUT2D eigenvalue weighted by molar-refractivity contribution is 14.1. The lowest BCUT2D eigenvalue weighted by molar-refractivity contribution is 0.802. The number of halogens is 1. The van der Waals surface area contributed by atoms with Gasteiger partial charge < -0.3 is 4.57 Å². The van der Waals surface area contributed by atoms with E-state index < -0.39 is 0 Å². The number of hydrogen-bond acceptors (Lipinski definition) is 0. The highest BCUT2D eigenvalue weighted by Gasteiger charge is 2.11. The predicted octanol–water partition coefficient (Wildman–Crippen LogP) is 4.60. The number of aromatic nitrogens is 1. The van der Waals surface area contributed by atoms with Crippen LogP contribution in [0.25, 0.3) is 10.9 Å². The molecule has 0 atom stereocenters. The highest BCUT2D eigenvalue weighted by atomic mass is 127. The van der Waals surface area contributed by atoms with Crippen molar-refractivity contribution < 1.29 is 0 Å². The maximum absolute atomic E-state index is 2.45. The molecule has 0 fully saturated rings. The van der Waals surface area contributed by atoms with Crippen LogP contribution in [-0.4, -0.2) is 4.57 Å². The number of benzene rings is 2. The molecular formula is C16H14IN. The van der Waals surface area contributed by atoms with Gasteiger partial charge in [0.2, 0.25) is 0 Å². The Balaban J connectivity index is 2.15. The summed E-state index contributed by atoms with van der Waals surface area (Å²) in [6.45, 7) is 3.14. The molecule has 0 saturated heterocycles. The van der Waals surface area contributed by atoms with Crippen molar-refractivity contribution in [2.24, 2.45) is 0 Å². The van der Waals surface area contributed by atoms with Crippen LogP contribution in [0.4, 0.5) is 0 Å². The van der Waals surface area contributed by atoms with E-state index >= 15 is 0 Å². The second-order valence-electron chi connectivity index (χ2n) is 4.49. The van der Waals surface area contributed by atoms with E-state index in [1.807, 2.05) is 0 Å². The van der Waals surface area contributed by atoms with Gasteiger partial charge in [0.05, 0.1) is 0 Å². The van der Waals surface area contributed by atoms with Crippen molar-refractivity contribution in [3.05, 3.63) is 69.4 Å². The van der Waals surface area contributed by atoms with Crippen LogP contribution >= 0.6 is 22.6 Å². The lowest BCUT2D eigenvalue weighted by Crippen LogP contribution is -2.01. The fraction of sp³-hybridized carbons (Fsp3) is 0.125. The lowest BCUT2D eigenvalue weighted by atomic mass is 10.2. The first kappa shape index (κ1) is 11.8. The van der Waals surface area contributed by atoms with Gasteiger partial charge in [-0.1, -0.05) is 48.5 Å². The van der Waals surface area contributed by atoms with E-state index in [1.54, 1.807) is 0 Å². The van der Waals surface area contributed by atoms with Gasteiger partial charge in [-0.25, -0.2) is 0 Å². The first-order valence-electron chi connectivity index (χ1n) is 6.04. The molecule has 1 heterocycles. The number of para-hydroxylation sites is 1. The van der Waals surface area contributed by atoms with Crippen molar-refractivity contribution >= 4 is 33.5 Å². The summed E-state index contributed by atoms with van der Waals surface area (Å²) >= 11 is 2.45. The van der Waals surface area contributed by atoms with Crippen LogP contribution in [0.15, 0.2) is 54.6 Å². The van der Waals surface area contributed by atoms with Crippen molar-refractivity contribution in [2.75, 3.05) is 0 Å². The Labute approximate surface area is 121 Å². The zero-order valence-corrected chi connectivity index (χ0v) is 12.4. The van der Waals surface area contributed by atoms with Crippen molar-refractivity contribution in [1.29, 1.82) is 0 Å². The molecule has 0 unspecified atom stereocenters. The van der Waals surface area contributed by atoms with Crippen molar-refractivity contribution in [1.82, 2.24) is 4.57 Å². The van der Waals surface area contributed by atoms with E-state index in [0.29, 0.717) is 0 Å². The SMILES string of the molecule is Cc1c(I)c2ccccc2n1Cc1ccccc1. The van der Waals surface area contributed by atoms with Gasteiger partial charge in [-0.2, -0.15) is 0 Å². The molecule has 3 rings (SSSR count). The van der Waals surface area contributed by atoms with Crippen LogP contribution in [0.5, 0.6) is 0 Å². The number of hydrogen-bond donors (Lipinski definition) is 0. The van der Waals surface area contributed by atoms with E-state index in [-0.39, 0.29) is 0 Å². The minimum Gasteiger partial charge on any atom is -0.339 e. The van der Waals surface area contributed by atoms with Crippen LogP contribution in [0.3, 0.4) is 0 Å². The minimum absolute atomic E-state index is 0.941. The van der Waals surface area contributed by atoms with Crippen molar-refractivity contribution in [3.63, 3.8) is 0 Å². The summed E-state index contributed by atoms with van der Waals surface area (Å²) in [7, 11) is 0. The molecule has 0 radical (unpaired) electrons. The molecule has 0 bridgehead atoms. The molecule has 18 heavy (non-hydrogen) atoms. The predicted molar refractivity (Wildman–Crippen MR) is 84.9 cm³/mol. The molecular weight excluding hydrogens is 333 g/mol. The number of fused-ring (bicyclic) bond motifs is 1. The maximum atomic E-state index is 2.45. The summed E-state index contributed by atoms with van der Waals surface area (Å²) in [4.78, 5) is 0. The van der Waals surface area contributed by atoms with Gasteiger partial charge in [0.25, 0.3) is 0 Å². The molecule has 0 amide bonds. The quantitative estimate of drug-likeness (QED) is 0.597. The lowest BCUT2D eigenvalue weighted by Gasteiger charge is -2.08. The Morgan fingerprint density at radius 2 is 1.61 bits per heavy atom. The number of rotatable bonds is 2. The molecule has 1 aromatic heterocycles. The average molecular weight is 347 g/mol. The average Bonchev–Trinajstić information content (AvgIpc) is 2.66. The second kappa shape index (κ2) is 4.76. The third kappa shape index (κ3) is 1.94. The Morgan fingerprint density at radius 3 is 2.39 bits per heavy atom.